The zero-order valence-corrected chi connectivity index (χ0v) is 11.5. The van der Waals surface area contributed by atoms with Crippen LogP contribution in [0, 0.1) is 0 Å². The lowest BCUT2D eigenvalue weighted by molar-refractivity contribution is -0.274. The fourth-order valence-electron chi connectivity index (χ4n) is 1.99. The SMILES string of the molecule is N[C@@H](c1ccc(OC(F)(F)F)cc1)c1ccc(O)c(C(=O)O)c1. The normalized spacial score (nSPS) is 12.7. The van der Waals surface area contributed by atoms with Gasteiger partial charge >= 0.3 is 12.3 Å². The number of carboxylic acid groups (broad SMARTS) is 1. The molecular weight excluding hydrogens is 315 g/mol. The highest BCUT2D eigenvalue weighted by Crippen LogP contribution is 2.28. The zero-order valence-electron chi connectivity index (χ0n) is 11.5. The Kier molecular flexibility index (Phi) is 4.46. The van der Waals surface area contributed by atoms with E-state index in [9.17, 15) is 23.1 Å². The number of hydrogen-bond donors (Lipinski definition) is 3. The number of carbonyl (C=O) groups is 1. The largest absolute Gasteiger partial charge is 0.573 e. The minimum absolute atomic E-state index is 0.310. The van der Waals surface area contributed by atoms with Crippen LogP contribution in [0.3, 0.4) is 0 Å². The van der Waals surface area contributed by atoms with Crippen molar-refractivity contribution in [3.63, 3.8) is 0 Å². The molecule has 0 saturated carbocycles. The van der Waals surface area contributed by atoms with Gasteiger partial charge in [-0.1, -0.05) is 18.2 Å². The van der Waals surface area contributed by atoms with E-state index in [1.165, 1.54) is 30.3 Å². The smallest absolute Gasteiger partial charge is 0.507 e. The topological polar surface area (TPSA) is 92.8 Å². The number of rotatable bonds is 4. The van der Waals surface area contributed by atoms with Crippen LogP contribution in [-0.2, 0) is 0 Å². The minimum Gasteiger partial charge on any atom is -0.507 e. The third kappa shape index (κ3) is 4.13. The number of hydrogen-bond acceptors (Lipinski definition) is 4. The molecular formula is C15H12F3NO4. The first kappa shape index (κ1) is 16.6. The number of carboxylic acids is 1. The van der Waals surface area contributed by atoms with E-state index in [2.05, 4.69) is 4.74 Å². The van der Waals surface area contributed by atoms with Crippen molar-refractivity contribution in [1.29, 1.82) is 0 Å². The second-order valence-corrected chi connectivity index (χ2v) is 4.68. The van der Waals surface area contributed by atoms with Crippen molar-refractivity contribution in [2.75, 3.05) is 0 Å². The number of aromatic carboxylic acids is 1. The quantitative estimate of drug-likeness (QED) is 0.802. The molecule has 5 nitrogen and oxygen atoms in total. The van der Waals surface area contributed by atoms with Gasteiger partial charge in [-0.15, -0.1) is 13.2 Å². The second kappa shape index (κ2) is 6.17. The summed E-state index contributed by atoms with van der Waals surface area (Å²) in [6.07, 6.45) is -4.78. The lowest BCUT2D eigenvalue weighted by atomic mass is 9.97. The van der Waals surface area contributed by atoms with E-state index in [1.807, 2.05) is 0 Å². The highest BCUT2D eigenvalue weighted by Gasteiger charge is 2.31. The predicted octanol–water partition coefficient (Wildman–Crippen LogP) is 3.04. The van der Waals surface area contributed by atoms with Crippen LogP contribution in [0.25, 0.3) is 0 Å². The number of ether oxygens (including phenoxy) is 1. The fourth-order valence-corrected chi connectivity index (χ4v) is 1.99. The summed E-state index contributed by atoms with van der Waals surface area (Å²) >= 11 is 0. The van der Waals surface area contributed by atoms with Gasteiger partial charge in [-0.05, 0) is 35.4 Å². The highest BCUT2D eigenvalue weighted by atomic mass is 19.4. The van der Waals surface area contributed by atoms with E-state index in [-0.39, 0.29) is 11.3 Å². The molecule has 0 fully saturated rings. The first-order valence-electron chi connectivity index (χ1n) is 6.35. The molecule has 0 heterocycles. The summed E-state index contributed by atoms with van der Waals surface area (Å²) in [6.45, 7) is 0. The van der Waals surface area contributed by atoms with Gasteiger partial charge in [-0.2, -0.15) is 0 Å². The molecule has 0 aliphatic carbocycles. The molecule has 0 radical (unpaired) electrons. The first-order valence-corrected chi connectivity index (χ1v) is 6.35. The molecule has 122 valence electrons. The monoisotopic (exact) mass is 327 g/mol. The van der Waals surface area contributed by atoms with Crippen LogP contribution in [0.15, 0.2) is 42.5 Å². The van der Waals surface area contributed by atoms with Crippen molar-refractivity contribution in [2.24, 2.45) is 5.73 Å². The fraction of sp³-hybridized carbons (Fsp3) is 0.133. The van der Waals surface area contributed by atoms with Gasteiger partial charge in [-0.25, -0.2) is 4.79 Å². The molecule has 0 amide bonds. The van der Waals surface area contributed by atoms with Crippen molar-refractivity contribution >= 4 is 5.97 Å². The third-order valence-corrected chi connectivity index (χ3v) is 3.08. The number of halogens is 3. The van der Waals surface area contributed by atoms with E-state index in [1.54, 1.807) is 0 Å². The molecule has 0 spiro atoms. The predicted molar refractivity (Wildman–Crippen MR) is 74.2 cm³/mol. The van der Waals surface area contributed by atoms with Gasteiger partial charge in [0.25, 0.3) is 0 Å². The van der Waals surface area contributed by atoms with Gasteiger partial charge < -0.3 is 20.7 Å². The molecule has 1 atom stereocenters. The molecule has 2 aromatic carbocycles. The van der Waals surface area contributed by atoms with E-state index in [0.29, 0.717) is 11.1 Å². The van der Waals surface area contributed by atoms with Gasteiger partial charge in [0.15, 0.2) is 0 Å². The van der Waals surface area contributed by atoms with Gasteiger partial charge in [-0.3, -0.25) is 0 Å². The van der Waals surface area contributed by atoms with E-state index >= 15 is 0 Å². The van der Waals surface area contributed by atoms with Crippen molar-refractivity contribution < 1.29 is 32.9 Å². The van der Waals surface area contributed by atoms with Gasteiger partial charge in [0.2, 0.25) is 0 Å². The molecule has 0 bridgehead atoms. The lowest BCUT2D eigenvalue weighted by Gasteiger charge is -2.15. The summed E-state index contributed by atoms with van der Waals surface area (Å²) in [7, 11) is 0. The average Bonchev–Trinajstić information content (AvgIpc) is 2.46. The van der Waals surface area contributed by atoms with Crippen LogP contribution in [0.2, 0.25) is 0 Å². The van der Waals surface area contributed by atoms with Crippen molar-refractivity contribution in [3.05, 3.63) is 59.2 Å². The van der Waals surface area contributed by atoms with Crippen LogP contribution < -0.4 is 10.5 Å². The Hall–Kier alpha value is -2.74. The first-order chi connectivity index (χ1) is 10.7. The lowest BCUT2D eigenvalue weighted by Crippen LogP contribution is -2.17. The van der Waals surface area contributed by atoms with Crippen molar-refractivity contribution in [3.8, 4) is 11.5 Å². The molecule has 2 aromatic rings. The van der Waals surface area contributed by atoms with Gasteiger partial charge in [0.05, 0.1) is 6.04 Å². The van der Waals surface area contributed by atoms with Crippen LogP contribution in [-0.4, -0.2) is 22.5 Å². The Labute approximate surface area is 128 Å². The third-order valence-electron chi connectivity index (χ3n) is 3.08. The maximum atomic E-state index is 12.1. The standard InChI is InChI=1S/C15H12F3NO4/c16-15(17,18)23-10-4-1-8(2-5-10)13(19)9-3-6-12(20)11(7-9)14(21)22/h1-7,13,20H,19H2,(H,21,22)/t13-/m0/s1. The van der Waals surface area contributed by atoms with Gasteiger partial charge in [0.1, 0.15) is 17.1 Å². The number of alkyl halides is 3. The Morgan fingerprint density at radius 1 is 1.09 bits per heavy atom. The van der Waals surface area contributed by atoms with Crippen LogP contribution in [0.4, 0.5) is 13.2 Å². The molecule has 0 aliphatic heterocycles. The summed E-state index contributed by atoms with van der Waals surface area (Å²) in [6, 6.07) is 7.99. The minimum atomic E-state index is -4.78. The maximum absolute atomic E-state index is 12.1. The summed E-state index contributed by atoms with van der Waals surface area (Å²) in [5.41, 5.74) is 6.52. The molecule has 4 N–H and O–H groups in total. The van der Waals surface area contributed by atoms with E-state index < -0.39 is 24.1 Å². The molecule has 0 saturated heterocycles. The van der Waals surface area contributed by atoms with Crippen LogP contribution in [0.1, 0.15) is 27.5 Å². The van der Waals surface area contributed by atoms with Gasteiger partial charge in [0, 0.05) is 0 Å². The summed E-state index contributed by atoms with van der Waals surface area (Å²) in [4.78, 5) is 11.0. The Bertz CT molecular complexity index is 714. The molecule has 23 heavy (non-hydrogen) atoms. The molecule has 2 rings (SSSR count). The van der Waals surface area contributed by atoms with Crippen molar-refractivity contribution in [2.45, 2.75) is 12.4 Å². The Balaban J connectivity index is 2.25. The Morgan fingerprint density at radius 3 is 2.17 bits per heavy atom. The number of nitrogens with two attached hydrogens (primary N) is 1. The second-order valence-electron chi connectivity index (χ2n) is 4.68. The maximum Gasteiger partial charge on any atom is 0.573 e. The number of phenols is 1. The van der Waals surface area contributed by atoms with Crippen LogP contribution in [0.5, 0.6) is 11.5 Å². The highest BCUT2D eigenvalue weighted by molar-refractivity contribution is 5.91. The van der Waals surface area contributed by atoms with Crippen molar-refractivity contribution in [1.82, 2.24) is 0 Å². The molecule has 0 unspecified atom stereocenters. The van der Waals surface area contributed by atoms with E-state index in [0.717, 1.165) is 12.1 Å². The summed E-state index contributed by atoms with van der Waals surface area (Å²) in [5, 5.41) is 18.4. The summed E-state index contributed by atoms with van der Waals surface area (Å²) < 4.78 is 40.0. The van der Waals surface area contributed by atoms with E-state index in [4.69, 9.17) is 10.8 Å². The average molecular weight is 327 g/mol. The number of aromatic hydroxyl groups is 1. The zero-order chi connectivity index (χ0) is 17.2. The molecule has 8 heteroatoms. The number of benzene rings is 2. The van der Waals surface area contributed by atoms with Crippen LogP contribution >= 0.6 is 0 Å². The summed E-state index contributed by atoms with van der Waals surface area (Å²) in [5.74, 6) is -2.10. The molecule has 0 aliphatic rings. The molecule has 0 aromatic heterocycles. The Morgan fingerprint density at radius 2 is 1.65 bits per heavy atom.